The molecule has 2 rings (SSSR count). The van der Waals surface area contributed by atoms with E-state index in [4.69, 9.17) is 15.6 Å². The minimum atomic E-state index is -1.14. The van der Waals surface area contributed by atoms with Gasteiger partial charge in [-0.1, -0.05) is 0 Å². The molecule has 1 aromatic rings. The fourth-order valence-corrected chi connectivity index (χ4v) is 1.62. The quantitative estimate of drug-likeness (QED) is 0.662. The van der Waals surface area contributed by atoms with Gasteiger partial charge in [0.25, 0.3) is 5.91 Å². The number of anilines is 1. The van der Waals surface area contributed by atoms with Crippen molar-refractivity contribution in [2.24, 2.45) is 5.92 Å². The first-order valence-corrected chi connectivity index (χ1v) is 6.08. The third-order valence-corrected chi connectivity index (χ3v) is 2.88. The molecule has 1 aromatic carbocycles. The Balaban J connectivity index is 1.90. The van der Waals surface area contributed by atoms with E-state index in [1.807, 2.05) is 0 Å². The highest BCUT2D eigenvalue weighted by Gasteiger charge is 2.21. The number of nitrogen functional groups attached to an aromatic ring is 1. The second-order valence-electron chi connectivity index (χ2n) is 4.60. The van der Waals surface area contributed by atoms with Crippen molar-refractivity contribution in [3.05, 3.63) is 23.8 Å². The maximum Gasteiger partial charge on any atom is 0.339 e. The van der Waals surface area contributed by atoms with E-state index in [9.17, 15) is 9.59 Å². The van der Waals surface area contributed by atoms with Crippen LogP contribution < -0.4 is 15.8 Å². The van der Waals surface area contributed by atoms with E-state index in [2.05, 4.69) is 5.32 Å². The minimum Gasteiger partial charge on any atom is -0.483 e. The zero-order chi connectivity index (χ0) is 13.8. The molecule has 0 saturated heterocycles. The zero-order valence-corrected chi connectivity index (χ0v) is 10.4. The van der Waals surface area contributed by atoms with Gasteiger partial charge in [0.2, 0.25) is 0 Å². The fraction of sp³-hybridized carbons (Fsp3) is 0.385. The zero-order valence-electron chi connectivity index (χ0n) is 10.4. The van der Waals surface area contributed by atoms with Crippen molar-refractivity contribution < 1.29 is 19.4 Å². The Labute approximate surface area is 110 Å². The van der Waals surface area contributed by atoms with Crippen LogP contribution in [0.5, 0.6) is 5.75 Å². The molecule has 19 heavy (non-hydrogen) atoms. The van der Waals surface area contributed by atoms with Gasteiger partial charge in [0.1, 0.15) is 11.3 Å². The molecule has 1 aliphatic rings. The van der Waals surface area contributed by atoms with Gasteiger partial charge < -0.3 is 20.9 Å². The van der Waals surface area contributed by atoms with Crippen LogP contribution in [0.15, 0.2) is 18.2 Å². The van der Waals surface area contributed by atoms with Gasteiger partial charge in [0.15, 0.2) is 6.61 Å². The highest BCUT2D eigenvalue weighted by molar-refractivity contribution is 5.92. The van der Waals surface area contributed by atoms with Gasteiger partial charge in [0.05, 0.1) is 0 Å². The maximum atomic E-state index is 11.5. The SMILES string of the molecule is Nc1ccc(OCC(=O)NCC2CC2)c(C(=O)O)c1. The van der Waals surface area contributed by atoms with E-state index < -0.39 is 5.97 Å². The Kier molecular flexibility index (Phi) is 3.89. The van der Waals surface area contributed by atoms with Crippen molar-refractivity contribution in [2.75, 3.05) is 18.9 Å². The predicted molar refractivity (Wildman–Crippen MR) is 69.0 cm³/mol. The molecule has 102 valence electrons. The van der Waals surface area contributed by atoms with Crippen molar-refractivity contribution >= 4 is 17.6 Å². The number of ether oxygens (including phenoxy) is 1. The summed E-state index contributed by atoms with van der Waals surface area (Å²) in [5, 5.41) is 11.7. The number of carboxylic acid groups (broad SMARTS) is 1. The molecule has 1 aliphatic carbocycles. The Morgan fingerprint density at radius 1 is 1.42 bits per heavy atom. The van der Waals surface area contributed by atoms with Crippen LogP contribution in [0, 0.1) is 5.92 Å². The number of hydrogen-bond acceptors (Lipinski definition) is 4. The molecule has 0 heterocycles. The number of carboxylic acids is 1. The Bertz CT molecular complexity index is 497. The van der Waals surface area contributed by atoms with Crippen LogP contribution in [0.1, 0.15) is 23.2 Å². The number of nitrogens with two attached hydrogens (primary N) is 1. The topological polar surface area (TPSA) is 102 Å². The third kappa shape index (κ3) is 3.87. The number of carbonyl (C=O) groups excluding carboxylic acids is 1. The van der Waals surface area contributed by atoms with Gasteiger partial charge in [0, 0.05) is 12.2 Å². The monoisotopic (exact) mass is 264 g/mol. The molecule has 1 amide bonds. The Hall–Kier alpha value is -2.24. The van der Waals surface area contributed by atoms with Crippen molar-refractivity contribution in [1.82, 2.24) is 5.32 Å². The molecular formula is C13H16N2O4. The molecule has 0 spiro atoms. The maximum absolute atomic E-state index is 11.5. The van der Waals surface area contributed by atoms with Crippen LogP contribution in [0.25, 0.3) is 0 Å². The van der Waals surface area contributed by atoms with Gasteiger partial charge in [-0.3, -0.25) is 4.79 Å². The lowest BCUT2D eigenvalue weighted by Crippen LogP contribution is -2.30. The summed E-state index contributed by atoms with van der Waals surface area (Å²) in [5.41, 5.74) is 5.80. The van der Waals surface area contributed by atoms with Crippen LogP contribution in [0.2, 0.25) is 0 Å². The highest BCUT2D eigenvalue weighted by atomic mass is 16.5. The van der Waals surface area contributed by atoms with Crippen LogP contribution >= 0.6 is 0 Å². The average molecular weight is 264 g/mol. The molecule has 6 heteroatoms. The standard InChI is InChI=1S/C13H16N2O4/c14-9-3-4-11(10(5-9)13(17)18)19-7-12(16)15-6-8-1-2-8/h3-5,8H,1-2,6-7,14H2,(H,15,16)(H,17,18). The first kappa shape index (κ1) is 13.2. The second kappa shape index (κ2) is 5.60. The molecule has 0 bridgehead atoms. The lowest BCUT2D eigenvalue weighted by molar-refractivity contribution is -0.123. The summed E-state index contributed by atoms with van der Waals surface area (Å²) >= 11 is 0. The molecular weight excluding hydrogens is 248 g/mol. The van der Waals surface area contributed by atoms with Crippen LogP contribution in [-0.2, 0) is 4.79 Å². The molecule has 4 N–H and O–H groups in total. The number of benzene rings is 1. The first-order chi connectivity index (χ1) is 9.06. The molecule has 0 aliphatic heterocycles. The van der Waals surface area contributed by atoms with Crippen molar-refractivity contribution in [1.29, 1.82) is 0 Å². The molecule has 0 radical (unpaired) electrons. The number of aromatic carboxylic acids is 1. The summed E-state index contributed by atoms with van der Waals surface area (Å²) < 4.78 is 5.22. The van der Waals surface area contributed by atoms with Gasteiger partial charge in [-0.05, 0) is 37.0 Å². The molecule has 1 fully saturated rings. The summed E-state index contributed by atoms with van der Waals surface area (Å²) in [5.74, 6) is -0.654. The summed E-state index contributed by atoms with van der Waals surface area (Å²) in [7, 11) is 0. The van der Waals surface area contributed by atoms with E-state index >= 15 is 0 Å². The summed E-state index contributed by atoms with van der Waals surface area (Å²) in [6.07, 6.45) is 2.31. The average Bonchev–Trinajstić information content (AvgIpc) is 3.18. The molecule has 1 saturated carbocycles. The van der Waals surface area contributed by atoms with E-state index in [-0.39, 0.29) is 23.8 Å². The number of nitrogens with one attached hydrogen (secondary N) is 1. The number of hydrogen-bond donors (Lipinski definition) is 3. The number of amides is 1. The summed E-state index contributed by atoms with van der Waals surface area (Å²) in [4.78, 5) is 22.5. The van der Waals surface area contributed by atoms with Crippen LogP contribution in [0.4, 0.5) is 5.69 Å². The van der Waals surface area contributed by atoms with Crippen molar-refractivity contribution in [3.63, 3.8) is 0 Å². The van der Waals surface area contributed by atoms with Crippen LogP contribution in [0.3, 0.4) is 0 Å². The van der Waals surface area contributed by atoms with E-state index in [0.29, 0.717) is 18.2 Å². The van der Waals surface area contributed by atoms with Crippen LogP contribution in [-0.4, -0.2) is 30.1 Å². The lowest BCUT2D eigenvalue weighted by Gasteiger charge is -2.10. The first-order valence-electron chi connectivity index (χ1n) is 6.08. The van der Waals surface area contributed by atoms with Crippen molar-refractivity contribution in [2.45, 2.75) is 12.8 Å². The largest absolute Gasteiger partial charge is 0.483 e. The fourth-order valence-electron chi connectivity index (χ4n) is 1.62. The highest BCUT2D eigenvalue weighted by Crippen LogP contribution is 2.27. The van der Waals surface area contributed by atoms with Gasteiger partial charge in [-0.15, -0.1) is 0 Å². The molecule has 0 aromatic heterocycles. The van der Waals surface area contributed by atoms with Gasteiger partial charge >= 0.3 is 5.97 Å². The Morgan fingerprint density at radius 3 is 2.79 bits per heavy atom. The Morgan fingerprint density at radius 2 is 2.16 bits per heavy atom. The summed E-state index contributed by atoms with van der Waals surface area (Å²) in [6, 6.07) is 4.29. The second-order valence-corrected chi connectivity index (χ2v) is 4.60. The minimum absolute atomic E-state index is 0.0463. The predicted octanol–water partition coefficient (Wildman–Crippen LogP) is 0.872. The summed E-state index contributed by atoms with van der Waals surface area (Å²) in [6.45, 7) is 0.465. The van der Waals surface area contributed by atoms with Crippen molar-refractivity contribution in [3.8, 4) is 5.75 Å². The number of rotatable bonds is 6. The molecule has 0 unspecified atom stereocenters. The smallest absolute Gasteiger partial charge is 0.339 e. The lowest BCUT2D eigenvalue weighted by atomic mass is 10.2. The third-order valence-electron chi connectivity index (χ3n) is 2.88. The van der Waals surface area contributed by atoms with Gasteiger partial charge in [-0.25, -0.2) is 4.79 Å². The van der Waals surface area contributed by atoms with E-state index in [1.165, 1.54) is 18.2 Å². The normalized spacial score (nSPS) is 13.9. The van der Waals surface area contributed by atoms with E-state index in [1.54, 1.807) is 0 Å². The van der Waals surface area contributed by atoms with E-state index in [0.717, 1.165) is 12.8 Å². The molecule has 0 atom stereocenters. The molecule has 6 nitrogen and oxygen atoms in total. The van der Waals surface area contributed by atoms with Gasteiger partial charge in [-0.2, -0.15) is 0 Å². The number of carbonyl (C=O) groups is 2.